The molecule has 0 bridgehead atoms. The van der Waals surface area contributed by atoms with E-state index in [-0.39, 0.29) is 30.1 Å². The predicted molar refractivity (Wildman–Crippen MR) is 85.2 cm³/mol. The van der Waals surface area contributed by atoms with Crippen molar-refractivity contribution in [2.75, 3.05) is 7.11 Å². The van der Waals surface area contributed by atoms with Crippen LogP contribution in [0.5, 0.6) is 0 Å². The number of allylic oxidation sites excluding steroid dienone is 1. The highest BCUT2D eigenvalue weighted by molar-refractivity contribution is 5.67. The molecule has 3 aliphatic heterocycles. The van der Waals surface area contributed by atoms with E-state index in [1.165, 1.54) is 11.1 Å². The molecule has 23 heavy (non-hydrogen) atoms. The first-order valence-electron chi connectivity index (χ1n) is 8.21. The van der Waals surface area contributed by atoms with E-state index in [0.717, 1.165) is 12.2 Å². The maximum atomic E-state index is 10.3. The number of nitrogens with one attached hydrogen (secondary N) is 3. The minimum absolute atomic E-state index is 0.0127. The molecule has 0 spiro atoms. The molecule has 4 aliphatic rings. The Bertz CT molecular complexity index is 588. The van der Waals surface area contributed by atoms with Gasteiger partial charge in [0.15, 0.2) is 0 Å². The molecule has 1 saturated heterocycles. The largest absolute Gasteiger partial charge is 0.413 e. The van der Waals surface area contributed by atoms with Gasteiger partial charge in [-0.1, -0.05) is 6.08 Å². The first-order valence-corrected chi connectivity index (χ1v) is 8.21. The van der Waals surface area contributed by atoms with Crippen LogP contribution in [0.25, 0.3) is 0 Å². The Balaban J connectivity index is 1.69. The maximum Gasteiger partial charge on any atom is 0.144 e. The van der Waals surface area contributed by atoms with Gasteiger partial charge in [-0.05, 0) is 31.8 Å². The van der Waals surface area contributed by atoms with Crippen molar-refractivity contribution in [1.82, 2.24) is 16.2 Å². The van der Waals surface area contributed by atoms with E-state index in [0.29, 0.717) is 5.92 Å². The Morgan fingerprint density at radius 2 is 2.22 bits per heavy atom. The number of hydrazone groups is 1. The molecule has 3 unspecified atom stereocenters. The number of aliphatic hydroxyl groups excluding tert-OH is 1. The molecule has 0 amide bonds. The van der Waals surface area contributed by atoms with E-state index in [4.69, 9.17) is 9.57 Å². The summed E-state index contributed by atoms with van der Waals surface area (Å²) in [6.07, 6.45) is 4.39. The van der Waals surface area contributed by atoms with Crippen LogP contribution in [0.1, 0.15) is 20.3 Å². The number of rotatable bonds is 2. The monoisotopic (exact) mass is 320 g/mol. The minimum atomic E-state index is -0.615. The maximum absolute atomic E-state index is 10.3. The number of ether oxygens (including phenoxy) is 1. The molecule has 3 heterocycles. The summed E-state index contributed by atoms with van der Waals surface area (Å²) in [6.45, 7) is 4.07. The predicted octanol–water partition coefficient (Wildman–Crippen LogP) is 0.00900. The zero-order chi connectivity index (χ0) is 16.1. The van der Waals surface area contributed by atoms with Crippen LogP contribution in [0.15, 0.2) is 28.1 Å². The Labute approximate surface area is 135 Å². The van der Waals surface area contributed by atoms with Crippen LogP contribution in [0, 0.1) is 11.8 Å². The first kappa shape index (κ1) is 15.1. The van der Waals surface area contributed by atoms with Gasteiger partial charge in [-0.2, -0.15) is 5.10 Å². The topological polar surface area (TPSA) is 87.1 Å². The van der Waals surface area contributed by atoms with Gasteiger partial charge >= 0.3 is 0 Å². The lowest BCUT2D eigenvalue weighted by Crippen LogP contribution is -2.47. The number of nitrogens with zero attached hydrogens (tertiary/aromatic N) is 1. The summed E-state index contributed by atoms with van der Waals surface area (Å²) >= 11 is 0. The van der Waals surface area contributed by atoms with Crippen LogP contribution in [-0.4, -0.2) is 48.9 Å². The molecule has 7 atom stereocenters. The molecule has 4 N–H and O–H groups in total. The van der Waals surface area contributed by atoms with Crippen molar-refractivity contribution in [2.45, 2.75) is 50.7 Å². The average molecular weight is 320 g/mol. The third-order valence-electron chi connectivity index (χ3n) is 5.55. The molecular weight excluding hydrogens is 296 g/mol. The zero-order valence-corrected chi connectivity index (χ0v) is 13.6. The fourth-order valence-corrected chi connectivity index (χ4v) is 4.51. The lowest BCUT2D eigenvalue weighted by molar-refractivity contribution is 0.0274. The van der Waals surface area contributed by atoms with Crippen molar-refractivity contribution in [3.05, 3.63) is 23.0 Å². The van der Waals surface area contributed by atoms with E-state index in [2.05, 4.69) is 34.3 Å². The molecule has 7 heteroatoms. The van der Waals surface area contributed by atoms with E-state index < -0.39 is 6.23 Å². The zero-order valence-electron chi connectivity index (χ0n) is 13.6. The van der Waals surface area contributed by atoms with Gasteiger partial charge in [0, 0.05) is 30.9 Å². The SMILES string of the molecule is CO[C@H]1C[C@@H]2C(C=C1C1=C(C)ON[C@@H]1C)NC1C=NNC(O)[C@@H]12. The van der Waals surface area contributed by atoms with Crippen LogP contribution in [-0.2, 0) is 9.57 Å². The van der Waals surface area contributed by atoms with Crippen molar-refractivity contribution in [1.29, 1.82) is 0 Å². The Hall–Kier alpha value is -1.41. The third kappa shape index (κ3) is 2.30. The number of hydrogen-bond donors (Lipinski definition) is 4. The molecule has 4 rings (SSSR count). The Kier molecular flexibility index (Phi) is 3.68. The van der Waals surface area contributed by atoms with E-state index in [1.54, 1.807) is 7.11 Å². The first-order chi connectivity index (χ1) is 11.1. The Morgan fingerprint density at radius 1 is 1.39 bits per heavy atom. The second kappa shape index (κ2) is 5.59. The van der Waals surface area contributed by atoms with E-state index in [1.807, 2.05) is 13.1 Å². The van der Waals surface area contributed by atoms with Crippen molar-refractivity contribution in [2.24, 2.45) is 16.9 Å². The minimum Gasteiger partial charge on any atom is -0.413 e. The summed E-state index contributed by atoms with van der Waals surface area (Å²) in [4.78, 5) is 5.49. The van der Waals surface area contributed by atoms with E-state index in [9.17, 15) is 5.11 Å². The number of methoxy groups -OCH3 is 1. The summed E-state index contributed by atoms with van der Waals surface area (Å²) in [5, 5.41) is 17.9. The summed E-state index contributed by atoms with van der Waals surface area (Å²) in [5.74, 6) is 1.33. The van der Waals surface area contributed by atoms with Crippen LogP contribution >= 0.6 is 0 Å². The van der Waals surface area contributed by atoms with Gasteiger partial charge in [-0.15, -0.1) is 5.48 Å². The van der Waals surface area contributed by atoms with Crippen molar-refractivity contribution < 1.29 is 14.7 Å². The molecule has 0 saturated carbocycles. The smallest absolute Gasteiger partial charge is 0.144 e. The van der Waals surface area contributed by atoms with Gasteiger partial charge in [0.05, 0.1) is 18.2 Å². The molecule has 7 nitrogen and oxygen atoms in total. The number of aliphatic hydroxyl groups is 1. The van der Waals surface area contributed by atoms with Crippen LogP contribution in [0.4, 0.5) is 0 Å². The number of fused-ring (bicyclic) bond motifs is 3. The van der Waals surface area contributed by atoms with Gasteiger partial charge in [-0.25, -0.2) is 0 Å². The van der Waals surface area contributed by atoms with Crippen LogP contribution < -0.4 is 16.2 Å². The van der Waals surface area contributed by atoms with Gasteiger partial charge in [-0.3, -0.25) is 5.43 Å². The number of hydrogen-bond acceptors (Lipinski definition) is 7. The Morgan fingerprint density at radius 3 is 2.91 bits per heavy atom. The molecule has 1 aliphatic carbocycles. The van der Waals surface area contributed by atoms with Gasteiger partial charge in [0.25, 0.3) is 0 Å². The quantitative estimate of drug-likeness (QED) is 0.573. The molecule has 1 fully saturated rings. The lowest BCUT2D eigenvalue weighted by atomic mass is 9.74. The van der Waals surface area contributed by atoms with Gasteiger partial charge in [0.2, 0.25) is 0 Å². The summed E-state index contributed by atoms with van der Waals surface area (Å²) < 4.78 is 5.79. The molecular formula is C16H24N4O3. The lowest BCUT2D eigenvalue weighted by Gasteiger charge is -2.36. The fraction of sp³-hybridized carbons (Fsp3) is 0.688. The molecule has 0 aromatic rings. The third-order valence-corrected chi connectivity index (χ3v) is 5.55. The number of hydroxylamine groups is 1. The van der Waals surface area contributed by atoms with Gasteiger partial charge < -0.3 is 20.0 Å². The average Bonchev–Trinajstić information content (AvgIpc) is 3.06. The van der Waals surface area contributed by atoms with Crippen LogP contribution in [0.3, 0.4) is 0 Å². The molecule has 0 aromatic carbocycles. The highest BCUT2D eigenvalue weighted by Gasteiger charge is 2.50. The summed E-state index contributed by atoms with van der Waals surface area (Å²) in [7, 11) is 1.75. The summed E-state index contributed by atoms with van der Waals surface area (Å²) in [6, 6.07) is 0.452. The molecule has 126 valence electrons. The fourth-order valence-electron chi connectivity index (χ4n) is 4.51. The van der Waals surface area contributed by atoms with Gasteiger partial charge in [0.1, 0.15) is 12.0 Å². The van der Waals surface area contributed by atoms with Crippen LogP contribution in [0.2, 0.25) is 0 Å². The van der Waals surface area contributed by atoms with E-state index >= 15 is 0 Å². The molecule has 0 radical (unpaired) electrons. The van der Waals surface area contributed by atoms with Crippen molar-refractivity contribution in [3.63, 3.8) is 0 Å². The van der Waals surface area contributed by atoms with Crippen molar-refractivity contribution >= 4 is 6.21 Å². The summed E-state index contributed by atoms with van der Waals surface area (Å²) in [5.41, 5.74) is 8.17. The molecule has 0 aromatic heterocycles. The van der Waals surface area contributed by atoms with Crippen molar-refractivity contribution in [3.8, 4) is 0 Å². The highest BCUT2D eigenvalue weighted by Crippen LogP contribution is 2.42. The second-order valence-corrected chi connectivity index (χ2v) is 6.81. The standard InChI is InChI=1S/C16H24N4O3/c1-7-14(8(2)23-20-7)10-4-11-9(5-13(10)22-3)15-12(18-11)6-17-19-16(15)21/h4,6-7,9,11-13,15-16,18-21H,5H2,1-3H3/t7-,9-,11?,12?,13+,15-,16?/m1/s1. The normalized spacial score (nSPS) is 45.2. The highest BCUT2D eigenvalue weighted by atomic mass is 16.7. The second-order valence-electron chi connectivity index (χ2n) is 6.81.